The van der Waals surface area contributed by atoms with Gasteiger partial charge < -0.3 is 0 Å². The molecule has 0 saturated heterocycles. The summed E-state index contributed by atoms with van der Waals surface area (Å²) in [5, 5.41) is 7.45. The molecule has 0 bridgehead atoms. The lowest BCUT2D eigenvalue weighted by Crippen LogP contribution is -2.31. The van der Waals surface area contributed by atoms with E-state index >= 15 is 0 Å². The van der Waals surface area contributed by atoms with Crippen molar-refractivity contribution >= 4 is 61.9 Å². The van der Waals surface area contributed by atoms with Gasteiger partial charge in [0.15, 0.2) is 0 Å². The predicted molar refractivity (Wildman–Crippen MR) is 225 cm³/mol. The number of benzene rings is 5. The second kappa shape index (κ2) is 13.6. The Labute approximate surface area is 313 Å². The summed E-state index contributed by atoms with van der Waals surface area (Å²) >= 11 is 2.43. The molecule has 3 aliphatic carbocycles. The standard InChI is InChI=1S/C49H38IN/c1-32(33-11-3-2-4-12-33)27-45-41(31-50)29-39-25-24-38(30-46(39)48(45)40-26-21-34-13-5-6-14-37(34)28-40)35-19-22-36(23-20-35)49-44-17-8-7-15-42(44)43-16-9-10-18-47(43)51-49/h2-8,11-32,46,48H,9-10H2,1H3/b41-31-,45-27?/t32-,46?,48?/m0/s1. The molecule has 246 valence electrons. The van der Waals surface area contributed by atoms with E-state index in [1.165, 1.54) is 65.7 Å². The molecule has 2 unspecified atom stereocenters. The van der Waals surface area contributed by atoms with Crippen molar-refractivity contribution in [2.45, 2.75) is 31.6 Å². The van der Waals surface area contributed by atoms with Crippen LogP contribution in [0.4, 0.5) is 0 Å². The van der Waals surface area contributed by atoms with Crippen molar-refractivity contribution in [1.82, 2.24) is 4.98 Å². The number of allylic oxidation sites excluding steroid dienone is 9. The van der Waals surface area contributed by atoms with Crippen molar-refractivity contribution in [2.24, 2.45) is 5.92 Å². The van der Waals surface area contributed by atoms with Crippen molar-refractivity contribution in [3.63, 3.8) is 0 Å². The first-order chi connectivity index (χ1) is 25.1. The zero-order chi connectivity index (χ0) is 34.3. The van der Waals surface area contributed by atoms with Crippen LogP contribution in [0.5, 0.6) is 0 Å². The number of halogens is 1. The van der Waals surface area contributed by atoms with Gasteiger partial charge in [0.2, 0.25) is 0 Å². The molecular formula is C49H38IN. The summed E-state index contributed by atoms with van der Waals surface area (Å²) in [5.74, 6) is 0.669. The van der Waals surface area contributed by atoms with E-state index in [4.69, 9.17) is 4.98 Å². The predicted octanol–water partition coefficient (Wildman–Crippen LogP) is 11.8. The SMILES string of the molecule is C[C@@H](C=C1/C(=C\I)C=C2C=CC(c3ccc(-c4nc5c(c6ccccc46)=CCCC=5)cc3)=CC2C1c1ccc2ccccc2c1)c1ccccc1. The number of nitrogens with zero attached hydrogens (tertiary/aromatic N) is 1. The largest absolute Gasteiger partial charge is 0.247 e. The highest BCUT2D eigenvalue weighted by Crippen LogP contribution is 2.49. The van der Waals surface area contributed by atoms with Gasteiger partial charge >= 0.3 is 0 Å². The highest BCUT2D eigenvalue weighted by molar-refractivity contribution is 14.1. The van der Waals surface area contributed by atoms with Crippen molar-refractivity contribution in [1.29, 1.82) is 0 Å². The van der Waals surface area contributed by atoms with Crippen LogP contribution < -0.4 is 10.6 Å². The lowest BCUT2D eigenvalue weighted by atomic mass is 9.67. The van der Waals surface area contributed by atoms with Crippen LogP contribution in [0, 0.1) is 5.92 Å². The molecule has 0 spiro atoms. The van der Waals surface area contributed by atoms with Crippen LogP contribution in [0.15, 0.2) is 173 Å². The normalized spacial score (nSPS) is 20.3. The molecule has 1 aromatic heterocycles. The average molecular weight is 768 g/mol. The third-order valence-corrected chi connectivity index (χ3v) is 11.6. The van der Waals surface area contributed by atoms with Gasteiger partial charge in [-0.15, -0.1) is 0 Å². The number of rotatable bonds is 5. The second-order valence-electron chi connectivity index (χ2n) is 14.0. The minimum atomic E-state index is 0.181. The summed E-state index contributed by atoms with van der Waals surface area (Å²) < 4.78 is 2.26. The van der Waals surface area contributed by atoms with Gasteiger partial charge in [0.25, 0.3) is 0 Å². The number of hydrogen-bond donors (Lipinski definition) is 0. The van der Waals surface area contributed by atoms with Crippen molar-refractivity contribution < 1.29 is 0 Å². The number of aromatic nitrogens is 1. The first-order valence-electron chi connectivity index (χ1n) is 18.0. The van der Waals surface area contributed by atoms with Crippen LogP contribution in [0.2, 0.25) is 0 Å². The molecule has 9 rings (SSSR count). The minimum Gasteiger partial charge on any atom is -0.247 e. The van der Waals surface area contributed by atoms with Gasteiger partial charge in [-0.2, -0.15) is 0 Å². The monoisotopic (exact) mass is 767 g/mol. The van der Waals surface area contributed by atoms with E-state index in [0.717, 1.165) is 29.4 Å². The summed E-state index contributed by atoms with van der Waals surface area (Å²) in [5.41, 5.74) is 11.4. The summed E-state index contributed by atoms with van der Waals surface area (Å²) in [6.07, 6.45) is 18.9. The molecule has 0 saturated carbocycles. The van der Waals surface area contributed by atoms with E-state index in [1.54, 1.807) is 0 Å². The summed E-state index contributed by atoms with van der Waals surface area (Å²) in [7, 11) is 0. The fourth-order valence-electron chi connectivity index (χ4n) is 8.27. The molecule has 1 heterocycles. The minimum absolute atomic E-state index is 0.181. The number of hydrogen-bond acceptors (Lipinski definition) is 1. The highest BCUT2D eigenvalue weighted by atomic mass is 127. The molecule has 0 aliphatic heterocycles. The Morgan fingerprint density at radius 2 is 1.45 bits per heavy atom. The van der Waals surface area contributed by atoms with Crippen LogP contribution in [-0.2, 0) is 0 Å². The zero-order valence-electron chi connectivity index (χ0n) is 28.6. The van der Waals surface area contributed by atoms with E-state index in [9.17, 15) is 0 Å². The molecule has 5 aromatic carbocycles. The van der Waals surface area contributed by atoms with Crippen LogP contribution in [-0.4, -0.2) is 4.98 Å². The van der Waals surface area contributed by atoms with Gasteiger partial charge in [0.1, 0.15) is 0 Å². The molecule has 3 atom stereocenters. The maximum Gasteiger partial charge on any atom is 0.0787 e. The molecule has 2 heteroatoms. The summed E-state index contributed by atoms with van der Waals surface area (Å²) in [6.45, 7) is 2.32. The molecule has 0 N–H and O–H groups in total. The first-order valence-corrected chi connectivity index (χ1v) is 19.3. The van der Waals surface area contributed by atoms with Crippen molar-refractivity contribution in [3.05, 3.63) is 200 Å². The molecule has 51 heavy (non-hydrogen) atoms. The van der Waals surface area contributed by atoms with Gasteiger partial charge in [-0.1, -0.05) is 193 Å². The Morgan fingerprint density at radius 1 is 0.725 bits per heavy atom. The lowest BCUT2D eigenvalue weighted by molar-refractivity contribution is 0.637. The van der Waals surface area contributed by atoms with E-state index in [-0.39, 0.29) is 17.8 Å². The van der Waals surface area contributed by atoms with E-state index in [0.29, 0.717) is 0 Å². The molecular weight excluding hydrogens is 729 g/mol. The van der Waals surface area contributed by atoms with Crippen LogP contribution >= 0.6 is 22.6 Å². The fraction of sp³-hybridized carbons (Fsp3) is 0.122. The maximum absolute atomic E-state index is 5.21. The fourth-order valence-corrected chi connectivity index (χ4v) is 8.81. The molecule has 6 aromatic rings. The van der Waals surface area contributed by atoms with E-state index < -0.39 is 0 Å². The third-order valence-electron chi connectivity index (χ3n) is 10.9. The number of fused-ring (bicyclic) bond motifs is 5. The molecule has 0 radical (unpaired) electrons. The Bertz CT molecular complexity index is 2600. The lowest BCUT2D eigenvalue weighted by Gasteiger charge is -2.36. The Hall–Kier alpha value is -5.06. The van der Waals surface area contributed by atoms with Gasteiger partial charge in [0, 0.05) is 28.0 Å². The summed E-state index contributed by atoms with van der Waals surface area (Å²) in [4.78, 5) is 5.21. The van der Waals surface area contributed by atoms with Crippen LogP contribution in [0.3, 0.4) is 0 Å². The zero-order valence-corrected chi connectivity index (χ0v) is 30.8. The van der Waals surface area contributed by atoms with Crippen LogP contribution in [0.1, 0.15) is 48.3 Å². The van der Waals surface area contributed by atoms with E-state index in [1.807, 2.05) is 0 Å². The topological polar surface area (TPSA) is 12.9 Å². The summed E-state index contributed by atoms with van der Waals surface area (Å²) in [6, 6.07) is 44.5. The van der Waals surface area contributed by atoms with Gasteiger partial charge in [-0.05, 0) is 78.0 Å². The average Bonchev–Trinajstić information content (AvgIpc) is 3.20. The quantitative estimate of drug-likeness (QED) is 0.159. The molecule has 3 aliphatic rings. The van der Waals surface area contributed by atoms with Crippen molar-refractivity contribution in [3.8, 4) is 11.3 Å². The Kier molecular flexibility index (Phi) is 8.49. The number of pyridine rings is 1. The van der Waals surface area contributed by atoms with Crippen molar-refractivity contribution in [2.75, 3.05) is 0 Å². The molecule has 0 amide bonds. The highest BCUT2D eigenvalue weighted by Gasteiger charge is 2.34. The van der Waals surface area contributed by atoms with Gasteiger partial charge in [0.05, 0.1) is 11.0 Å². The third kappa shape index (κ3) is 5.96. The Balaban J connectivity index is 1.14. The van der Waals surface area contributed by atoms with Gasteiger partial charge in [-0.3, -0.25) is 0 Å². The Morgan fingerprint density at radius 3 is 2.27 bits per heavy atom. The second-order valence-corrected chi connectivity index (χ2v) is 14.6. The van der Waals surface area contributed by atoms with E-state index in [2.05, 4.69) is 197 Å². The smallest absolute Gasteiger partial charge is 0.0787 e. The molecule has 1 nitrogen and oxygen atoms in total. The van der Waals surface area contributed by atoms with Crippen LogP contribution in [0.25, 0.3) is 50.5 Å². The maximum atomic E-state index is 5.21. The van der Waals surface area contributed by atoms with Gasteiger partial charge in [-0.25, -0.2) is 4.98 Å². The molecule has 0 fully saturated rings. The first kappa shape index (κ1) is 31.9.